The molecule has 4 fully saturated rings. The van der Waals surface area contributed by atoms with Gasteiger partial charge in [0.15, 0.2) is 5.78 Å². The number of terminal acetylenes is 1. The molecule has 0 radical (unpaired) electrons. The molecule has 8 atom stereocenters. The molecule has 0 aromatic rings. The molecule has 0 heterocycles. The number of rotatable bonds is 3. The lowest BCUT2D eigenvalue weighted by Gasteiger charge is -2.61. The van der Waals surface area contributed by atoms with Gasteiger partial charge in [-0.3, -0.25) is 4.79 Å². The van der Waals surface area contributed by atoms with E-state index in [1.807, 2.05) is 26.8 Å². The number of Topliss-reactive ketones (excluding diaryl/α,β-unsaturated/α-hetero) is 1. The molecular formula is C29H42O2. The summed E-state index contributed by atoms with van der Waals surface area (Å²) in [6.07, 6.45) is 19.4. The van der Waals surface area contributed by atoms with Crippen molar-refractivity contribution in [3.8, 4) is 12.3 Å². The maximum absolute atomic E-state index is 13.7. The van der Waals surface area contributed by atoms with Crippen LogP contribution in [0.3, 0.4) is 0 Å². The highest BCUT2D eigenvalue weighted by Crippen LogP contribution is 2.68. The van der Waals surface area contributed by atoms with Gasteiger partial charge in [0.1, 0.15) is 0 Å². The lowest BCUT2D eigenvalue weighted by Crippen LogP contribution is -2.55. The minimum atomic E-state index is -0.474. The summed E-state index contributed by atoms with van der Waals surface area (Å²) in [6.45, 7) is 10.9. The van der Waals surface area contributed by atoms with Crippen molar-refractivity contribution < 1.29 is 9.90 Å². The molecule has 31 heavy (non-hydrogen) atoms. The molecule has 0 aromatic heterocycles. The van der Waals surface area contributed by atoms with E-state index in [2.05, 4.69) is 19.8 Å². The minimum Gasteiger partial charge on any atom is -0.390 e. The van der Waals surface area contributed by atoms with E-state index in [0.29, 0.717) is 23.0 Å². The molecule has 2 heteroatoms. The van der Waals surface area contributed by atoms with Gasteiger partial charge in [0.05, 0.1) is 5.60 Å². The van der Waals surface area contributed by atoms with Crippen molar-refractivity contribution in [3.05, 3.63) is 23.3 Å². The van der Waals surface area contributed by atoms with Gasteiger partial charge in [-0.05, 0) is 125 Å². The molecular weight excluding hydrogens is 380 g/mol. The van der Waals surface area contributed by atoms with E-state index in [0.717, 1.165) is 48.7 Å². The summed E-state index contributed by atoms with van der Waals surface area (Å²) in [6, 6.07) is 0. The topological polar surface area (TPSA) is 37.3 Å². The maximum Gasteiger partial charge on any atom is 0.166 e. The number of allylic oxidation sites excluding steroid dienone is 4. The van der Waals surface area contributed by atoms with Gasteiger partial charge in [-0.25, -0.2) is 0 Å². The van der Waals surface area contributed by atoms with Gasteiger partial charge in [-0.15, -0.1) is 6.42 Å². The Morgan fingerprint density at radius 3 is 2.39 bits per heavy atom. The summed E-state index contributed by atoms with van der Waals surface area (Å²) in [5, 5.41) is 10.7. The number of fused-ring (bicyclic) bond motifs is 5. The Morgan fingerprint density at radius 1 is 1.00 bits per heavy atom. The molecule has 0 aliphatic heterocycles. The molecule has 0 unspecified atom stereocenters. The van der Waals surface area contributed by atoms with Crippen LogP contribution in [0.1, 0.15) is 92.4 Å². The Bertz CT molecular complexity index is 839. The molecule has 0 aromatic carbocycles. The fraction of sp³-hybridized carbons (Fsp3) is 0.759. The summed E-state index contributed by atoms with van der Waals surface area (Å²) in [4.78, 5) is 13.7. The summed E-state index contributed by atoms with van der Waals surface area (Å²) >= 11 is 0. The van der Waals surface area contributed by atoms with Crippen molar-refractivity contribution in [2.24, 2.45) is 40.4 Å². The average molecular weight is 423 g/mol. The van der Waals surface area contributed by atoms with Crippen molar-refractivity contribution in [3.63, 3.8) is 0 Å². The number of hydrogen-bond donors (Lipinski definition) is 1. The SMILES string of the molecule is C#C/C=C(C)\C(=C/C)C(=O)[C@H]1CC[C@H]2[C@@H]3CC[C@@H]4C[C@](C)(O)CC[C@]4(C)[C@H]3CC[C@]12C. The van der Waals surface area contributed by atoms with Gasteiger partial charge >= 0.3 is 0 Å². The van der Waals surface area contributed by atoms with E-state index < -0.39 is 5.60 Å². The first-order chi connectivity index (χ1) is 14.6. The van der Waals surface area contributed by atoms with Gasteiger partial charge in [0, 0.05) is 11.5 Å². The molecule has 0 bridgehead atoms. The van der Waals surface area contributed by atoms with Crippen LogP contribution >= 0.6 is 0 Å². The average Bonchev–Trinajstić information content (AvgIpc) is 3.06. The monoisotopic (exact) mass is 422 g/mol. The zero-order valence-electron chi connectivity index (χ0n) is 20.3. The molecule has 4 aliphatic carbocycles. The normalized spacial score (nSPS) is 47.7. The standard InChI is InChI=1S/C29H42O2/c1-7-9-19(3)21(8-2)26(30)25-13-12-23-22-11-10-20-18-27(4,31)16-17-28(20,5)24(22)14-15-29(23,25)6/h1,8-9,20,22-25,31H,10-18H2,2-6H3/b19-9-,21-8+/t20-,22+,23+,24+,25-,27-,28+,29+/m1/s1. The third-order valence-electron chi connectivity index (χ3n) is 10.5. The summed E-state index contributed by atoms with van der Waals surface area (Å²) in [5.41, 5.74) is 1.77. The summed E-state index contributed by atoms with van der Waals surface area (Å²) in [7, 11) is 0. The minimum absolute atomic E-state index is 0.117. The van der Waals surface area contributed by atoms with Gasteiger partial charge in [0.25, 0.3) is 0 Å². The highest BCUT2D eigenvalue weighted by molar-refractivity contribution is 6.01. The molecule has 1 N–H and O–H groups in total. The Morgan fingerprint density at radius 2 is 1.71 bits per heavy atom. The second-order valence-corrected chi connectivity index (χ2v) is 12.1. The lowest BCUT2D eigenvalue weighted by molar-refractivity contribution is -0.149. The molecule has 170 valence electrons. The summed E-state index contributed by atoms with van der Waals surface area (Å²) < 4.78 is 0. The lowest BCUT2D eigenvalue weighted by atomic mass is 9.44. The van der Waals surface area contributed by atoms with Gasteiger partial charge in [-0.2, -0.15) is 0 Å². The fourth-order valence-electron chi connectivity index (χ4n) is 8.82. The quantitative estimate of drug-likeness (QED) is 0.320. The first kappa shape index (κ1) is 22.8. The predicted octanol–water partition coefficient (Wildman–Crippen LogP) is 6.49. The second kappa shape index (κ2) is 7.91. The van der Waals surface area contributed by atoms with Gasteiger partial charge in [-0.1, -0.05) is 25.8 Å². The predicted molar refractivity (Wildman–Crippen MR) is 127 cm³/mol. The van der Waals surface area contributed by atoms with Crippen molar-refractivity contribution in [1.82, 2.24) is 0 Å². The molecule has 4 saturated carbocycles. The Hall–Kier alpha value is -1.33. The molecule has 4 aliphatic rings. The highest BCUT2D eigenvalue weighted by Gasteiger charge is 2.61. The molecule has 2 nitrogen and oxygen atoms in total. The van der Waals surface area contributed by atoms with Crippen LogP contribution in [0.15, 0.2) is 23.3 Å². The van der Waals surface area contributed by atoms with Crippen LogP contribution in [-0.2, 0) is 4.79 Å². The van der Waals surface area contributed by atoms with E-state index in [-0.39, 0.29) is 11.3 Å². The van der Waals surface area contributed by atoms with Gasteiger partial charge < -0.3 is 5.11 Å². The van der Waals surface area contributed by atoms with Gasteiger partial charge in [0.2, 0.25) is 0 Å². The van der Waals surface area contributed by atoms with Crippen LogP contribution in [0.2, 0.25) is 0 Å². The van der Waals surface area contributed by atoms with Crippen LogP contribution < -0.4 is 0 Å². The van der Waals surface area contributed by atoms with Crippen molar-refractivity contribution >= 4 is 5.78 Å². The zero-order valence-corrected chi connectivity index (χ0v) is 20.3. The fourth-order valence-corrected chi connectivity index (χ4v) is 8.82. The number of aliphatic hydroxyl groups is 1. The van der Waals surface area contributed by atoms with Crippen molar-refractivity contribution in [2.75, 3.05) is 0 Å². The molecule has 0 amide bonds. The van der Waals surface area contributed by atoms with E-state index in [1.165, 1.54) is 32.1 Å². The van der Waals surface area contributed by atoms with Crippen LogP contribution in [-0.4, -0.2) is 16.5 Å². The molecule has 4 rings (SSSR count). The maximum atomic E-state index is 13.7. The Balaban J connectivity index is 1.58. The first-order valence-corrected chi connectivity index (χ1v) is 12.6. The second-order valence-electron chi connectivity index (χ2n) is 12.1. The summed E-state index contributed by atoms with van der Waals surface area (Å²) in [5.74, 6) is 5.88. The smallest absolute Gasteiger partial charge is 0.166 e. The first-order valence-electron chi connectivity index (χ1n) is 12.6. The third kappa shape index (κ3) is 3.56. The van der Waals surface area contributed by atoms with Crippen LogP contribution in [0, 0.1) is 52.8 Å². The largest absolute Gasteiger partial charge is 0.390 e. The van der Waals surface area contributed by atoms with Crippen LogP contribution in [0.25, 0.3) is 0 Å². The van der Waals surface area contributed by atoms with Crippen LogP contribution in [0.5, 0.6) is 0 Å². The number of hydrogen-bond acceptors (Lipinski definition) is 2. The number of ketones is 1. The molecule has 0 saturated heterocycles. The van der Waals surface area contributed by atoms with E-state index in [4.69, 9.17) is 6.42 Å². The van der Waals surface area contributed by atoms with Crippen molar-refractivity contribution in [1.29, 1.82) is 0 Å². The van der Waals surface area contributed by atoms with E-state index in [9.17, 15) is 9.90 Å². The zero-order chi connectivity index (χ0) is 22.6. The Kier molecular flexibility index (Phi) is 5.83. The number of carbonyl (C=O) groups is 1. The van der Waals surface area contributed by atoms with E-state index in [1.54, 1.807) is 6.08 Å². The third-order valence-corrected chi connectivity index (χ3v) is 10.5. The van der Waals surface area contributed by atoms with Crippen LogP contribution in [0.4, 0.5) is 0 Å². The molecule has 0 spiro atoms. The highest BCUT2D eigenvalue weighted by atomic mass is 16.3. The van der Waals surface area contributed by atoms with E-state index >= 15 is 0 Å². The van der Waals surface area contributed by atoms with Crippen molar-refractivity contribution in [2.45, 2.75) is 98.0 Å². The number of carbonyl (C=O) groups excluding carboxylic acids is 1. The Labute approximate surface area is 190 Å².